The van der Waals surface area contributed by atoms with Crippen molar-refractivity contribution in [1.82, 2.24) is 48.3 Å². The number of imidazole rings is 2. The zero-order valence-electron chi connectivity index (χ0n) is 35.9. The minimum atomic E-state index is -0.520. The molecule has 314 valence electrons. The minimum Gasteiger partial charge on any atom is -0.496 e. The van der Waals surface area contributed by atoms with Crippen molar-refractivity contribution >= 4 is 51.4 Å². The first-order valence-corrected chi connectivity index (χ1v) is 20.4. The summed E-state index contributed by atoms with van der Waals surface area (Å²) in [7, 11) is 3.03. The van der Waals surface area contributed by atoms with Gasteiger partial charge in [0.2, 0.25) is 0 Å². The number of hydrogen-bond donors (Lipinski definition) is 0. The summed E-state index contributed by atoms with van der Waals surface area (Å²) < 4.78 is 29.6. The van der Waals surface area contributed by atoms with E-state index in [4.69, 9.17) is 28.5 Å². The highest BCUT2D eigenvalue weighted by molar-refractivity contribution is 6.36. The molecule has 0 unspecified atom stereocenters. The van der Waals surface area contributed by atoms with E-state index in [9.17, 15) is 0 Å². The topological polar surface area (TPSA) is 176 Å². The molecular weight excluding hydrogens is 799 g/mol. The Kier molecular flexibility index (Phi) is 9.35. The lowest BCUT2D eigenvalue weighted by molar-refractivity contribution is 0.393. The van der Waals surface area contributed by atoms with Gasteiger partial charge in [-0.05, 0) is 90.1 Å². The SMILES string of the molecule is COc1cc2c(cc1-c1c(C)noc1C)ncc1c2n([C@H](C)c2ccccn2)c(=O)n1Bn1c(=O)n([C@H](C)c2ccccn2)c2c3cc(OC)c(-c4c(C)noc4C)cc3ncc21. The first-order chi connectivity index (χ1) is 30.5. The molecule has 0 aliphatic carbocycles. The van der Waals surface area contributed by atoms with Crippen LogP contribution in [0.15, 0.2) is 104 Å². The molecule has 63 heavy (non-hydrogen) atoms. The highest BCUT2D eigenvalue weighted by Crippen LogP contribution is 2.41. The van der Waals surface area contributed by atoms with Crippen LogP contribution in [0.3, 0.4) is 0 Å². The number of fused-ring (bicyclic) bond motifs is 6. The van der Waals surface area contributed by atoms with E-state index < -0.39 is 12.1 Å². The number of benzene rings is 2. The van der Waals surface area contributed by atoms with Crippen LogP contribution < -0.4 is 20.9 Å². The quantitative estimate of drug-likeness (QED) is 0.126. The molecule has 10 aromatic rings. The number of rotatable bonds is 10. The van der Waals surface area contributed by atoms with Crippen LogP contribution in [0.5, 0.6) is 11.5 Å². The lowest BCUT2D eigenvalue weighted by Crippen LogP contribution is -2.37. The van der Waals surface area contributed by atoms with Gasteiger partial charge in [-0.15, -0.1) is 0 Å². The summed E-state index contributed by atoms with van der Waals surface area (Å²) in [5.41, 5.74) is 8.65. The lowest BCUT2D eigenvalue weighted by Gasteiger charge is -2.15. The van der Waals surface area contributed by atoms with Gasteiger partial charge in [0, 0.05) is 34.3 Å². The highest BCUT2D eigenvalue weighted by Gasteiger charge is 2.29. The molecule has 16 nitrogen and oxygen atoms in total. The van der Waals surface area contributed by atoms with E-state index in [1.54, 1.807) is 57.1 Å². The Morgan fingerprint density at radius 2 is 1.03 bits per heavy atom. The molecule has 8 heterocycles. The fourth-order valence-electron chi connectivity index (χ4n) is 9.06. The van der Waals surface area contributed by atoms with Crippen molar-refractivity contribution in [2.45, 2.75) is 53.6 Å². The predicted octanol–water partition coefficient (Wildman–Crippen LogP) is 7.25. The van der Waals surface area contributed by atoms with Gasteiger partial charge in [-0.3, -0.25) is 29.1 Å². The average molecular weight is 841 g/mol. The predicted molar refractivity (Wildman–Crippen MR) is 240 cm³/mol. The molecule has 8 aromatic heterocycles. The molecule has 0 saturated carbocycles. The van der Waals surface area contributed by atoms with Crippen LogP contribution in [0.1, 0.15) is 60.2 Å². The molecule has 0 aliphatic heterocycles. The third-order valence-corrected chi connectivity index (χ3v) is 12.1. The molecule has 0 aliphatic rings. The van der Waals surface area contributed by atoms with Crippen LogP contribution in [-0.2, 0) is 0 Å². The summed E-state index contributed by atoms with van der Waals surface area (Å²) in [5, 5.41) is 9.69. The number of aryl methyl sites for hydroxylation is 4. The molecule has 0 bridgehead atoms. The Hall–Kier alpha value is -7.82. The molecule has 2 atom stereocenters. The molecule has 0 amide bonds. The van der Waals surface area contributed by atoms with Gasteiger partial charge in [-0.1, -0.05) is 22.4 Å². The third kappa shape index (κ3) is 6.05. The summed E-state index contributed by atoms with van der Waals surface area (Å²) in [6.07, 6.45) is 6.77. The number of pyridine rings is 4. The van der Waals surface area contributed by atoms with Crippen molar-refractivity contribution in [3.63, 3.8) is 0 Å². The largest absolute Gasteiger partial charge is 0.496 e. The van der Waals surface area contributed by atoms with Gasteiger partial charge >= 0.3 is 18.9 Å². The number of hydrogen-bond acceptors (Lipinski definition) is 12. The van der Waals surface area contributed by atoms with Gasteiger partial charge in [-0.2, -0.15) is 0 Å². The van der Waals surface area contributed by atoms with Crippen molar-refractivity contribution in [2.24, 2.45) is 0 Å². The second kappa shape index (κ2) is 15.0. The van der Waals surface area contributed by atoms with Gasteiger partial charge in [0.15, 0.2) is 0 Å². The van der Waals surface area contributed by atoms with Crippen LogP contribution in [0.2, 0.25) is 0 Å². The van der Waals surface area contributed by atoms with E-state index in [0.717, 1.165) is 22.3 Å². The number of methoxy groups -OCH3 is 2. The minimum absolute atomic E-state index is 0.169. The fraction of sp³-hybridized carbons (Fsp3) is 0.217. The highest BCUT2D eigenvalue weighted by atomic mass is 16.5. The van der Waals surface area contributed by atoms with Crippen LogP contribution in [0.4, 0.5) is 0 Å². The van der Waals surface area contributed by atoms with Crippen LogP contribution in [0, 0.1) is 27.7 Å². The summed E-state index contributed by atoms with van der Waals surface area (Å²) in [6, 6.07) is 17.8. The number of ether oxygens (including phenoxy) is 2. The summed E-state index contributed by atoms with van der Waals surface area (Å²) in [5.74, 6) is 2.39. The van der Waals surface area contributed by atoms with Crippen molar-refractivity contribution < 1.29 is 18.5 Å². The molecule has 0 saturated heterocycles. The second-order valence-electron chi connectivity index (χ2n) is 15.7. The van der Waals surface area contributed by atoms with Gasteiger partial charge in [0.05, 0.1) is 106 Å². The van der Waals surface area contributed by atoms with Crippen molar-refractivity contribution in [1.29, 1.82) is 0 Å². The van der Waals surface area contributed by atoms with Gasteiger partial charge in [0.1, 0.15) is 23.0 Å². The Morgan fingerprint density at radius 3 is 1.38 bits per heavy atom. The maximum Gasteiger partial charge on any atom is 0.374 e. The van der Waals surface area contributed by atoms with Gasteiger partial charge in [-0.25, -0.2) is 9.59 Å². The Morgan fingerprint density at radius 1 is 0.603 bits per heavy atom. The smallest absolute Gasteiger partial charge is 0.374 e. The normalized spacial score (nSPS) is 12.8. The third-order valence-electron chi connectivity index (χ3n) is 12.1. The van der Waals surface area contributed by atoms with E-state index in [-0.39, 0.29) is 18.9 Å². The zero-order chi connectivity index (χ0) is 43.8. The first-order valence-electron chi connectivity index (χ1n) is 20.4. The van der Waals surface area contributed by atoms with Crippen molar-refractivity contribution in [3.05, 3.63) is 141 Å². The second-order valence-corrected chi connectivity index (χ2v) is 15.7. The molecule has 0 fully saturated rings. The maximum absolute atomic E-state index is 15.2. The molecule has 0 N–H and O–H groups in total. The number of nitrogens with zero attached hydrogens (tertiary/aromatic N) is 10. The molecule has 2 aromatic carbocycles. The average Bonchev–Trinajstić information content (AvgIpc) is 4.00. The van der Waals surface area contributed by atoms with E-state index in [1.165, 1.54) is 0 Å². The van der Waals surface area contributed by atoms with Crippen LogP contribution in [0.25, 0.3) is 66.1 Å². The Labute approximate surface area is 359 Å². The zero-order valence-corrected chi connectivity index (χ0v) is 35.9. The Balaban J connectivity index is 1.24. The fourth-order valence-corrected chi connectivity index (χ4v) is 9.06. The first kappa shape index (κ1) is 39.3. The summed E-state index contributed by atoms with van der Waals surface area (Å²) in [6.45, 7) is 11.3. The van der Waals surface area contributed by atoms with Gasteiger partial charge in [0.25, 0.3) is 0 Å². The van der Waals surface area contributed by atoms with E-state index in [2.05, 4.69) is 20.3 Å². The van der Waals surface area contributed by atoms with E-state index in [0.29, 0.717) is 89.7 Å². The lowest BCUT2D eigenvalue weighted by atomic mass is 10.00. The number of aromatic nitrogens is 10. The Bertz CT molecular complexity index is 3280. The standard InChI is InChI=1S/C46H41BN10O6/c1-23-41(27(5)62-52-23)31-17-35-29(19-39(31)60-7)43-37(21-50-35)56(45(58)54(43)25(3)33-13-9-11-15-48-33)47-57-38-22-51-36-18-32(42-24(2)53-63-28(42)6)40(61-8)20-30(36)44(38)55(46(57)59)26(4)34-14-10-12-16-49-34/h9-22,25-26,47H,1-8H3/t25-,26-/m1/s1. The van der Waals surface area contributed by atoms with Crippen molar-refractivity contribution in [2.75, 3.05) is 14.2 Å². The monoisotopic (exact) mass is 840 g/mol. The summed E-state index contributed by atoms with van der Waals surface area (Å²) >= 11 is 0. The molecular formula is C46H41BN10O6. The van der Waals surface area contributed by atoms with E-state index in [1.807, 2.05) is 102 Å². The van der Waals surface area contributed by atoms with Crippen molar-refractivity contribution in [3.8, 4) is 33.8 Å². The maximum atomic E-state index is 15.2. The molecule has 0 radical (unpaired) electrons. The molecule has 17 heteroatoms. The van der Waals surface area contributed by atoms with E-state index >= 15 is 9.59 Å². The van der Waals surface area contributed by atoms with Gasteiger partial charge < -0.3 is 27.5 Å². The van der Waals surface area contributed by atoms with Crippen LogP contribution in [-0.4, -0.2) is 70.1 Å². The van der Waals surface area contributed by atoms with Crippen LogP contribution >= 0.6 is 0 Å². The molecule has 0 spiro atoms. The molecule has 10 rings (SSSR count). The summed E-state index contributed by atoms with van der Waals surface area (Å²) in [4.78, 5) is 49.5.